The fourth-order valence-corrected chi connectivity index (χ4v) is 2.37. The van der Waals surface area contributed by atoms with Crippen LogP contribution in [0.2, 0.25) is 0 Å². The maximum atomic E-state index is 9.04. The second-order valence-corrected chi connectivity index (χ2v) is 5.15. The molecule has 1 aromatic carbocycles. The van der Waals surface area contributed by atoms with Gasteiger partial charge in [-0.25, -0.2) is 4.98 Å². The van der Waals surface area contributed by atoms with Crippen molar-refractivity contribution in [2.75, 3.05) is 5.32 Å². The van der Waals surface area contributed by atoms with E-state index in [1.165, 1.54) is 4.88 Å². The first-order chi connectivity index (χ1) is 8.20. The molecule has 0 saturated carbocycles. The Kier molecular flexibility index (Phi) is 3.40. The Balaban J connectivity index is 2.17. The Labute approximate surface area is 105 Å². The van der Waals surface area contributed by atoms with Crippen molar-refractivity contribution in [1.29, 1.82) is 5.26 Å². The van der Waals surface area contributed by atoms with Crippen molar-refractivity contribution in [3.63, 3.8) is 0 Å². The van der Waals surface area contributed by atoms with Gasteiger partial charge >= 0.3 is 0 Å². The lowest BCUT2D eigenvalue weighted by Gasteiger charge is -2.09. The van der Waals surface area contributed by atoms with E-state index in [9.17, 15) is 0 Å². The number of nitrogens with one attached hydrogen (secondary N) is 1. The third-order valence-electron chi connectivity index (χ3n) is 2.48. The zero-order valence-electron chi connectivity index (χ0n) is 9.82. The van der Waals surface area contributed by atoms with E-state index in [1.807, 2.05) is 38.2 Å². The van der Waals surface area contributed by atoms with Gasteiger partial charge in [-0.1, -0.05) is 12.1 Å². The maximum Gasteiger partial charge on any atom is 0.112 e. The van der Waals surface area contributed by atoms with Crippen molar-refractivity contribution in [3.8, 4) is 6.07 Å². The Bertz CT molecular complexity index is 566. The number of hydrogen-bond acceptors (Lipinski definition) is 4. The van der Waals surface area contributed by atoms with Gasteiger partial charge in [0, 0.05) is 11.1 Å². The number of anilines is 1. The highest BCUT2D eigenvalue weighted by Gasteiger charge is 2.05. The fraction of sp³-hybridized carbons (Fsp3) is 0.231. The van der Waals surface area contributed by atoms with Crippen LogP contribution in [0.15, 0.2) is 24.4 Å². The van der Waals surface area contributed by atoms with Crippen LogP contribution >= 0.6 is 11.3 Å². The summed E-state index contributed by atoms with van der Waals surface area (Å²) in [5, 5.41) is 13.4. The molecular formula is C13H13N3S. The van der Waals surface area contributed by atoms with Crippen molar-refractivity contribution in [1.82, 2.24) is 4.98 Å². The second-order valence-electron chi connectivity index (χ2n) is 3.83. The average Bonchev–Trinajstić information content (AvgIpc) is 2.73. The minimum absolute atomic E-state index is 0.665. The summed E-state index contributed by atoms with van der Waals surface area (Å²) in [6.07, 6.45) is 1.87. The monoisotopic (exact) mass is 243 g/mol. The highest BCUT2D eigenvalue weighted by Crippen LogP contribution is 2.21. The summed E-state index contributed by atoms with van der Waals surface area (Å²) in [6.45, 7) is 4.70. The molecule has 3 nitrogen and oxygen atoms in total. The Morgan fingerprint density at radius 3 is 2.88 bits per heavy atom. The number of aromatic nitrogens is 1. The molecule has 2 aromatic rings. The zero-order valence-corrected chi connectivity index (χ0v) is 10.6. The van der Waals surface area contributed by atoms with E-state index in [4.69, 9.17) is 5.26 Å². The Hall–Kier alpha value is -1.86. The number of aryl methyl sites for hydroxylation is 2. The van der Waals surface area contributed by atoms with Crippen LogP contribution in [0.1, 0.15) is 21.0 Å². The summed E-state index contributed by atoms with van der Waals surface area (Å²) >= 11 is 1.67. The van der Waals surface area contributed by atoms with Crippen LogP contribution < -0.4 is 5.32 Å². The number of nitriles is 1. The molecule has 1 aromatic heterocycles. The van der Waals surface area contributed by atoms with Crippen LogP contribution in [0.5, 0.6) is 0 Å². The van der Waals surface area contributed by atoms with Gasteiger partial charge in [-0.15, -0.1) is 11.3 Å². The molecule has 2 rings (SSSR count). The molecule has 86 valence electrons. The zero-order chi connectivity index (χ0) is 12.3. The lowest BCUT2D eigenvalue weighted by Crippen LogP contribution is -2.02. The molecule has 1 N–H and O–H groups in total. The van der Waals surface area contributed by atoms with Gasteiger partial charge in [-0.2, -0.15) is 5.26 Å². The van der Waals surface area contributed by atoms with Crippen molar-refractivity contribution in [2.45, 2.75) is 20.4 Å². The fourth-order valence-electron chi connectivity index (χ4n) is 1.64. The van der Waals surface area contributed by atoms with E-state index in [0.29, 0.717) is 12.1 Å². The Morgan fingerprint density at radius 1 is 1.41 bits per heavy atom. The standard InChI is InChI=1S/C13H13N3S/c1-9-4-3-5-11(6-14)13(9)16-8-12-15-7-10(2)17-12/h3-5,7,16H,8H2,1-2H3. The van der Waals surface area contributed by atoms with Gasteiger partial charge in [-0.3, -0.25) is 0 Å². The molecule has 0 fully saturated rings. The topological polar surface area (TPSA) is 48.7 Å². The summed E-state index contributed by atoms with van der Waals surface area (Å²) in [5.41, 5.74) is 2.67. The van der Waals surface area contributed by atoms with E-state index >= 15 is 0 Å². The Morgan fingerprint density at radius 2 is 2.24 bits per heavy atom. The molecule has 0 radical (unpaired) electrons. The minimum atomic E-state index is 0.665. The van der Waals surface area contributed by atoms with E-state index in [1.54, 1.807) is 11.3 Å². The van der Waals surface area contributed by atoms with Gasteiger partial charge in [0.05, 0.1) is 17.8 Å². The highest BCUT2D eigenvalue weighted by atomic mass is 32.1. The number of rotatable bonds is 3. The lowest BCUT2D eigenvalue weighted by atomic mass is 10.1. The predicted octanol–water partition coefficient (Wildman–Crippen LogP) is 3.24. The van der Waals surface area contributed by atoms with Gasteiger partial charge in [-0.05, 0) is 25.5 Å². The summed E-state index contributed by atoms with van der Waals surface area (Å²) in [6, 6.07) is 7.91. The highest BCUT2D eigenvalue weighted by molar-refractivity contribution is 7.11. The third kappa shape index (κ3) is 2.63. The smallest absolute Gasteiger partial charge is 0.112 e. The second kappa shape index (κ2) is 4.98. The maximum absolute atomic E-state index is 9.04. The molecule has 4 heteroatoms. The molecule has 0 aliphatic heterocycles. The summed E-state index contributed by atoms with van der Waals surface area (Å²) < 4.78 is 0. The normalized spacial score (nSPS) is 9.94. The van der Waals surface area contributed by atoms with Crippen LogP contribution in [0, 0.1) is 25.2 Å². The van der Waals surface area contributed by atoms with E-state index in [0.717, 1.165) is 16.3 Å². The molecule has 0 aliphatic rings. The number of para-hydroxylation sites is 1. The first-order valence-electron chi connectivity index (χ1n) is 5.35. The number of nitrogens with zero attached hydrogens (tertiary/aromatic N) is 2. The van der Waals surface area contributed by atoms with Gasteiger partial charge in [0.1, 0.15) is 11.1 Å². The van der Waals surface area contributed by atoms with Crippen LogP contribution in [-0.2, 0) is 6.54 Å². The van der Waals surface area contributed by atoms with Crippen LogP contribution in [-0.4, -0.2) is 4.98 Å². The molecular weight excluding hydrogens is 230 g/mol. The summed E-state index contributed by atoms with van der Waals surface area (Å²) in [7, 11) is 0. The molecule has 17 heavy (non-hydrogen) atoms. The van der Waals surface area contributed by atoms with Gasteiger partial charge in [0.25, 0.3) is 0 Å². The van der Waals surface area contributed by atoms with Crippen molar-refractivity contribution < 1.29 is 0 Å². The van der Waals surface area contributed by atoms with Crippen LogP contribution in [0.25, 0.3) is 0 Å². The van der Waals surface area contributed by atoms with Gasteiger partial charge < -0.3 is 5.32 Å². The van der Waals surface area contributed by atoms with E-state index < -0.39 is 0 Å². The van der Waals surface area contributed by atoms with Crippen LogP contribution in [0.3, 0.4) is 0 Å². The van der Waals surface area contributed by atoms with Crippen LogP contribution in [0.4, 0.5) is 5.69 Å². The van der Waals surface area contributed by atoms with Crippen molar-refractivity contribution >= 4 is 17.0 Å². The third-order valence-corrected chi connectivity index (χ3v) is 3.39. The lowest BCUT2D eigenvalue weighted by molar-refractivity contribution is 1.09. The molecule has 0 saturated heterocycles. The largest absolute Gasteiger partial charge is 0.377 e. The first-order valence-corrected chi connectivity index (χ1v) is 6.17. The van der Waals surface area contributed by atoms with E-state index in [-0.39, 0.29) is 0 Å². The number of hydrogen-bond donors (Lipinski definition) is 1. The summed E-state index contributed by atoms with van der Waals surface area (Å²) in [4.78, 5) is 5.49. The number of benzene rings is 1. The molecule has 1 heterocycles. The predicted molar refractivity (Wildman–Crippen MR) is 70.1 cm³/mol. The van der Waals surface area contributed by atoms with Crippen molar-refractivity contribution in [2.24, 2.45) is 0 Å². The SMILES string of the molecule is Cc1cnc(CNc2c(C)cccc2C#N)s1. The molecule has 0 atom stereocenters. The molecule has 0 amide bonds. The quantitative estimate of drug-likeness (QED) is 0.900. The summed E-state index contributed by atoms with van der Waals surface area (Å²) in [5.74, 6) is 0. The number of thiazole rings is 1. The van der Waals surface area contributed by atoms with Gasteiger partial charge in [0.15, 0.2) is 0 Å². The molecule has 0 bridgehead atoms. The van der Waals surface area contributed by atoms with Crippen molar-refractivity contribution in [3.05, 3.63) is 45.4 Å². The van der Waals surface area contributed by atoms with E-state index in [2.05, 4.69) is 16.4 Å². The molecule has 0 aliphatic carbocycles. The van der Waals surface area contributed by atoms with Gasteiger partial charge in [0.2, 0.25) is 0 Å². The molecule has 0 unspecified atom stereocenters. The molecule has 0 spiro atoms. The minimum Gasteiger partial charge on any atom is -0.377 e. The average molecular weight is 243 g/mol. The first kappa shape index (κ1) is 11.6.